The van der Waals surface area contributed by atoms with Gasteiger partial charge in [-0.15, -0.1) is 0 Å². The molecular weight excluding hydrogens is 336 g/mol. The van der Waals surface area contributed by atoms with E-state index < -0.39 is 58.3 Å². The predicted octanol–water partition coefficient (Wildman–Crippen LogP) is -0.0557. The second-order valence-electron chi connectivity index (χ2n) is 10.1. The standard InChI is InChI=1S/C20H32O6/c1-9-7-19-8-12(21)20(26)14(13(22)16(24)17(20,2)3)18(4,25)11(19)6-5-10(9)15(19)23/h7,10-16,21-26H,5-6,8H2,1-4H3/t10?,11-,12+,13+,14-,15-,16-,18+,19-,20+/m0/s1. The Bertz CT molecular complexity index is 657. The smallest absolute Gasteiger partial charge is 0.106 e. The van der Waals surface area contributed by atoms with Crippen molar-refractivity contribution in [2.45, 2.75) is 82.6 Å². The van der Waals surface area contributed by atoms with E-state index in [2.05, 4.69) is 0 Å². The molecule has 0 saturated heterocycles. The topological polar surface area (TPSA) is 121 Å². The molecule has 148 valence electrons. The third-order valence-electron chi connectivity index (χ3n) is 8.73. The highest BCUT2D eigenvalue weighted by Crippen LogP contribution is 2.67. The molecule has 4 rings (SSSR count). The van der Waals surface area contributed by atoms with Gasteiger partial charge < -0.3 is 30.6 Å². The SMILES string of the molecule is CC1=C[C@]23C[C@@H](O)[C@@]4(O)[C@@H]([C@@H](O)[C@H](O)C4(C)C)[C@](C)(O)[C@@H]2CCC1[C@@H]3O. The van der Waals surface area contributed by atoms with E-state index in [4.69, 9.17) is 0 Å². The molecule has 1 spiro atoms. The van der Waals surface area contributed by atoms with Crippen LogP contribution in [-0.4, -0.2) is 66.3 Å². The summed E-state index contributed by atoms with van der Waals surface area (Å²) in [6, 6.07) is 0. The summed E-state index contributed by atoms with van der Waals surface area (Å²) in [5.41, 5.74) is -4.43. The van der Waals surface area contributed by atoms with Crippen LogP contribution in [0.2, 0.25) is 0 Å². The Kier molecular flexibility index (Phi) is 3.70. The van der Waals surface area contributed by atoms with E-state index in [1.165, 1.54) is 0 Å². The maximum Gasteiger partial charge on any atom is 0.106 e. The van der Waals surface area contributed by atoms with Gasteiger partial charge in [-0.3, -0.25) is 0 Å². The lowest BCUT2D eigenvalue weighted by Crippen LogP contribution is -2.62. The van der Waals surface area contributed by atoms with E-state index >= 15 is 0 Å². The monoisotopic (exact) mass is 368 g/mol. The maximum absolute atomic E-state index is 11.7. The number of hydrogen-bond donors (Lipinski definition) is 6. The van der Waals surface area contributed by atoms with Crippen LogP contribution in [0.3, 0.4) is 0 Å². The number of rotatable bonds is 0. The molecule has 6 heteroatoms. The first-order chi connectivity index (χ1) is 11.8. The molecule has 6 nitrogen and oxygen atoms in total. The number of aliphatic hydroxyl groups excluding tert-OH is 4. The van der Waals surface area contributed by atoms with Crippen molar-refractivity contribution in [1.82, 2.24) is 0 Å². The molecule has 26 heavy (non-hydrogen) atoms. The van der Waals surface area contributed by atoms with Crippen LogP contribution in [0.15, 0.2) is 11.6 Å². The molecule has 10 atom stereocenters. The van der Waals surface area contributed by atoms with Crippen LogP contribution in [0.4, 0.5) is 0 Å². The Labute approximate surface area is 154 Å². The highest BCUT2D eigenvalue weighted by atomic mass is 16.4. The van der Waals surface area contributed by atoms with Gasteiger partial charge in [-0.1, -0.05) is 25.5 Å². The molecule has 4 aliphatic rings. The highest BCUT2D eigenvalue weighted by molar-refractivity contribution is 5.34. The molecule has 0 aromatic heterocycles. The lowest BCUT2D eigenvalue weighted by atomic mass is 9.57. The van der Waals surface area contributed by atoms with Gasteiger partial charge in [0.15, 0.2) is 0 Å². The van der Waals surface area contributed by atoms with Gasteiger partial charge in [0.05, 0.1) is 30.0 Å². The summed E-state index contributed by atoms with van der Waals surface area (Å²) in [6.45, 7) is 6.78. The van der Waals surface area contributed by atoms with E-state index in [-0.39, 0.29) is 12.3 Å². The van der Waals surface area contributed by atoms with Gasteiger partial charge in [0.25, 0.3) is 0 Å². The number of hydrogen-bond acceptors (Lipinski definition) is 6. The summed E-state index contributed by atoms with van der Waals surface area (Å²) in [4.78, 5) is 0. The van der Waals surface area contributed by atoms with Crippen molar-refractivity contribution in [3.63, 3.8) is 0 Å². The van der Waals surface area contributed by atoms with Crippen molar-refractivity contribution in [2.24, 2.45) is 28.6 Å². The Morgan fingerprint density at radius 3 is 2.19 bits per heavy atom. The molecule has 2 bridgehead atoms. The Morgan fingerprint density at radius 2 is 1.58 bits per heavy atom. The van der Waals surface area contributed by atoms with Crippen LogP contribution in [0.25, 0.3) is 0 Å². The van der Waals surface area contributed by atoms with E-state index in [1.807, 2.05) is 13.0 Å². The van der Waals surface area contributed by atoms with E-state index in [9.17, 15) is 30.6 Å². The second-order valence-corrected chi connectivity index (χ2v) is 10.1. The molecule has 1 unspecified atom stereocenters. The zero-order chi connectivity index (χ0) is 19.4. The molecule has 0 aromatic carbocycles. The van der Waals surface area contributed by atoms with Gasteiger partial charge in [0.1, 0.15) is 5.60 Å². The van der Waals surface area contributed by atoms with E-state index in [0.29, 0.717) is 6.42 Å². The van der Waals surface area contributed by atoms with Gasteiger partial charge in [-0.05, 0) is 39.0 Å². The summed E-state index contributed by atoms with van der Waals surface area (Å²) in [7, 11) is 0. The van der Waals surface area contributed by atoms with Crippen LogP contribution < -0.4 is 0 Å². The van der Waals surface area contributed by atoms with Crippen molar-refractivity contribution in [3.05, 3.63) is 11.6 Å². The normalized spacial score (nSPS) is 60.8. The maximum atomic E-state index is 11.7. The van der Waals surface area contributed by atoms with Crippen molar-refractivity contribution in [2.75, 3.05) is 0 Å². The zero-order valence-electron chi connectivity index (χ0n) is 15.9. The molecule has 0 radical (unpaired) electrons. The fourth-order valence-corrected chi connectivity index (χ4v) is 7.35. The Balaban J connectivity index is 1.94. The van der Waals surface area contributed by atoms with Gasteiger partial charge in [0.2, 0.25) is 0 Å². The largest absolute Gasteiger partial charge is 0.392 e. The highest BCUT2D eigenvalue weighted by Gasteiger charge is 2.76. The first kappa shape index (κ1) is 18.8. The summed E-state index contributed by atoms with van der Waals surface area (Å²) in [5, 5.41) is 66.9. The molecule has 3 saturated carbocycles. The Hall–Kier alpha value is -0.500. The van der Waals surface area contributed by atoms with Crippen molar-refractivity contribution in [1.29, 1.82) is 0 Å². The third-order valence-corrected chi connectivity index (χ3v) is 8.73. The third kappa shape index (κ3) is 1.79. The molecule has 0 aliphatic heterocycles. The fraction of sp³-hybridized carbons (Fsp3) is 0.900. The van der Waals surface area contributed by atoms with Crippen molar-refractivity contribution in [3.8, 4) is 0 Å². The first-order valence-electron chi connectivity index (χ1n) is 9.70. The van der Waals surface area contributed by atoms with Crippen LogP contribution in [0.5, 0.6) is 0 Å². The molecule has 6 N–H and O–H groups in total. The van der Waals surface area contributed by atoms with Crippen LogP contribution in [0, 0.1) is 28.6 Å². The van der Waals surface area contributed by atoms with Crippen molar-refractivity contribution >= 4 is 0 Å². The minimum absolute atomic E-state index is 0.00496. The average Bonchev–Trinajstić information content (AvgIpc) is 2.73. The van der Waals surface area contributed by atoms with Crippen LogP contribution >= 0.6 is 0 Å². The molecule has 4 aliphatic carbocycles. The summed E-state index contributed by atoms with van der Waals surface area (Å²) >= 11 is 0. The molecular formula is C20H32O6. The molecule has 3 fully saturated rings. The Morgan fingerprint density at radius 1 is 0.962 bits per heavy atom. The van der Waals surface area contributed by atoms with E-state index in [0.717, 1.165) is 12.0 Å². The van der Waals surface area contributed by atoms with Crippen LogP contribution in [-0.2, 0) is 0 Å². The quantitative estimate of drug-likeness (QED) is 0.333. The summed E-state index contributed by atoms with van der Waals surface area (Å²) in [5.74, 6) is -1.54. The van der Waals surface area contributed by atoms with Crippen LogP contribution in [0.1, 0.15) is 47.0 Å². The number of fused-ring (bicyclic) bond motifs is 2. The van der Waals surface area contributed by atoms with Gasteiger partial charge >= 0.3 is 0 Å². The molecule has 0 heterocycles. The average molecular weight is 368 g/mol. The lowest BCUT2D eigenvalue weighted by molar-refractivity contribution is -0.208. The molecule has 0 aromatic rings. The minimum atomic E-state index is -1.87. The van der Waals surface area contributed by atoms with Gasteiger partial charge in [0, 0.05) is 22.7 Å². The lowest BCUT2D eigenvalue weighted by Gasteiger charge is -2.51. The number of aliphatic hydroxyl groups is 6. The fourth-order valence-electron chi connectivity index (χ4n) is 7.35. The predicted molar refractivity (Wildman–Crippen MR) is 93.9 cm³/mol. The van der Waals surface area contributed by atoms with Gasteiger partial charge in [-0.25, -0.2) is 0 Å². The minimum Gasteiger partial charge on any atom is -0.392 e. The zero-order valence-corrected chi connectivity index (χ0v) is 15.9. The molecule has 0 amide bonds. The summed E-state index contributed by atoms with van der Waals surface area (Å²) in [6.07, 6.45) is -1.22. The van der Waals surface area contributed by atoms with E-state index in [1.54, 1.807) is 20.8 Å². The van der Waals surface area contributed by atoms with Gasteiger partial charge in [-0.2, -0.15) is 0 Å². The second kappa shape index (κ2) is 5.10. The summed E-state index contributed by atoms with van der Waals surface area (Å²) < 4.78 is 0. The first-order valence-corrected chi connectivity index (χ1v) is 9.70. The van der Waals surface area contributed by atoms with Crippen molar-refractivity contribution < 1.29 is 30.6 Å².